The summed E-state index contributed by atoms with van der Waals surface area (Å²) >= 11 is 3.60. The molecule has 0 amide bonds. The van der Waals surface area contributed by atoms with Gasteiger partial charge in [-0.1, -0.05) is 25.1 Å². The van der Waals surface area contributed by atoms with Crippen molar-refractivity contribution in [3.63, 3.8) is 0 Å². The number of hydrogen-bond acceptors (Lipinski definition) is 4. The van der Waals surface area contributed by atoms with Gasteiger partial charge in [-0.3, -0.25) is 0 Å². The Labute approximate surface area is 104 Å². The van der Waals surface area contributed by atoms with Gasteiger partial charge >= 0.3 is 0 Å². The fraction of sp³-hybridized carbons (Fsp3) is 0.250. The van der Waals surface area contributed by atoms with Crippen molar-refractivity contribution in [2.24, 2.45) is 0 Å². The van der Waals surface area contributed by atoms with E-state index >= 15 is 0 Å². The molecule has 2 nitrogen and oxygen atoms in total. The number of hydrogen-bond donors (Lipinski definition) is 1. The topological polar surface area (TPSA) is 38.9 Å². The van der Waals surface area contributed by atoms with Crippen molar-refractivity contribution in [3.8, 4) is 11.3 Å². The van der Waals surface area contributed by atoms with E-state index in [1.54, 1.807) is 11.3 Å². The molecular weight excluding hydrogens is 236 g/mol. The van der Waals surface area contributed by atoms with Crippen LogP contribution in [-0.2, 0) is 5.75 Å². The van der Waals surface area contributed by atoms with Gasteiger partial charge in [0.2, 0.25) is 0 Å². The van der Waals surface area contributed by atoms with Gasteiger partial charge in [0, 0.05) is 22.4 Å². The smallest absolute Gasteiger partial charge is 0.103 e. The van der Waals surface area contributed by atoms with Crippen LogP contribution in [0.25, 0.3) is 11.3 Å². The lowest BCUT2D eigenvalue weighted by atomic mass is 10.1. The van der Waals surface area contributed by atoms with Crippen molar-refractivity contribution in [3.05, 3.63) is 34.7 Å². The number of anilines is 1. The molecule has 0 fully saturated rings. The first-order valence-corrected chi connectivity index (χ1v) is 7.21. The van der Waals surface area contributed by atoms with Gasteiger partial charge < -0.3 is 5.73 Å². The first-order valence-electron chi connectivity index (χ1n) is 5.18. The first-order chi connectivity index (χ1) is 7.81. The number of thiazole rings is 1. The van der Waals surface area contributed by atoms with Crippen LogP contribution in [0.15, 0.2) is 29.6 Å². The number of thioether (sulfide) groups is 1. The van der Waals surface area contributed by atoms with E-state index < -0.39 is 0 Å². The summed E-state index contributed by atoms with van der Waals surface area (Å²) in [6.45, 7) is 2.16. The average Bonchev–Trinajstić information content (AvgIpc) is 2.75. The van der Waals surface area contributed by atoms with Gasteiger partial charge in [0.05, 0.1) is 5.69 Å². The highest BCUT2D eigenvalue weighted by atomic mass is 32.2. The van der Waals surface area contributed by atoms with Crippen LogP contribution in [0.5, 0.6) is 0 Å². The monoisotopic (exact) mass is 250 g/mol. The molecule has 16 heavy (non-hydrogen) atoms. The molecule has 0 spiro atoms. The number of benzene rings is 1. The van der Waals surface area contributed by atoms with Crippen molar-refractivity contribution in [1.29, 1.82) is 0 Å². The first kappa shape index (κ1) is 11.5. The fourth-order valence-corrected chi connectivity index (χ4v) is 2.96. The summed E-state index contributed by atoms with van der Waals surface area (Å²) in [5.74, 6) is 2.12. The van der Waals surface area contributed by atoms with Crippen LogP contribution in [0.4, 0.5) is 5.69 Å². The summed E-state index contributed by atoms with van der Waals surface area (Å²) in [4.78, 5) is 4.60. The number of rotatable bonds is 4. The van der Waals surface area contributed by atoms with E-state index in [1.807, 2.05) is 36.0 Å². The second kappa shape index (κ2) is 5.37. The Morgan fingerprint density at radius 2 is 2.19 bits per heavy atom. The van der Waals surface area contributed by atoms with Crippen molar-refractivity contribution in [1.82, 2.24) is 4.98 Å². The lowest BCUT2D eigenvalue weighted by Crippen LogP contribution is -1.89. The SMILES string of the molecule is CCSCc1nc(-c2ccccc2N)cs1. The molecule has 84 valence electrons. The van der Waals surface area contributed by atoms with Crippen molar-refractivity contribution in [2.75, 3.05) is 11.5 Å². The second-order valence-corrected chi connectivity index (χ2v) is 5.57. The summed E-state index contributed by atoms with van der Waals surface area (Å²) in [7, 11) is 0. The summed E-state index contributed by atoms with van der Waals surface area (Å²) in [6, 6.07) is 7.86. The molecule has 0 aliphatic carbocycles. The zero-order valence-corrected chi connectivity index (χ0v) is 10.8. The number of nitrogens with two attached hydrogens (primary N) is 1. The van der Waals surface area contributed by atoms with E-state index in [1.165, 1.54) is 5.01 Å². The third-order valence-electron chi connectivity index (χ3n) is 2.22. The Morgan fingerprint density at radius 1 is 1.38 bits per heavy atom. The molecular formula is C12H14N2S2. The molecule has 4 heteroatoms. The zero-order chi connectivity index (χ0) is 11.4. The maximum atomic E-state index is 5.92. The molecule has 0 unspecified atom stereocenters. The van der Waals surface area contributed by atoms with Gasteiger partial charge in [0.1, 0.15) is 5.01 Å². The van der Waals surface area contributed by atoms with Crippen LogP contribution in [0.2, 0.25) is 0 Å². The molecule has 2 N–H and O–H groups in total. The molecule has 0 radical (unpaired) electrons. The lowest BCUT2D eigenvalue weighted by molar-refractivity contribution is 1.27. The summed E-state index contributed by atoms with van der Waals surface area (Å²) < 4.78 is 0. The third-order valence-corrected chi connectivity index (χ3v) is 4.14. The molecule has 1 aromatic heterocycles. The Hall–Kier alpha value is -1.00. The van der Waals surface area contributed by atoms with Gasteiger partial charge in [-0.25, -0.2) is 4.98 Å². The predicted octanol–water partition coefficient (Wildman–Crippen LogP) is 3.65. The van der Waals surface area contributed by atoms with Crippen molar-refractivity contribution >= 4 is 28.8 Å². The highest BCUT2D eigenvalue weighted by Gasteiger charge is 2.06. The largest absolute Gasteiger partial charge is 0.398 e. The van der Waals surface area contributed by atoms with Gasteiger partial charge in [-0.05, 0) is 11.8 Å². The molecule has 1 heterocycles. The minimum atomic E-state index is 0.794. The molecule has 0 atom stereocenters. The van der Waals surface area contributed by atoms with Gasteiger partial charge in [-0.2, -0.15) is 11.8 Å². The van der Waals surface area contributed by atoms with Crippen LogP contribution in [0, 0.1) is 0 Å². The summed E-state index contributed by atoms with van der Waals surface area (Å²) in [5.41, 5.74) is 8.74. The normalized spacial score (nSPS) is 10.6. The summed E-state index contributed by atoms with van der Waals surface area (Å²) in [6.07, 6.45) is 0. The molecule has 1 aromatic carbocycles. The van der Waals surface area contributed by atoms with Crippen molar-refractivity contribution in [2.45, 2.75) is 12.7 Å². The van der Waals surface area contributed by atoms with Gasteiger partial charge in [0.15, 0.2) is 0 Å². The van der Waals surface area contributed by atoms with E-state index in [4.69, 9.17) is 5.73 Å². The Kier molecular flexibility index (Phi) is 3.85. The highest BCUT2D eigenvalue weighted by Crippen LogP contribution is 2.28. The minimum absolute atomic E-state index is 0.794. The zero-order valence-electron chi connectivity index (χ0n) is 9.14. The molecule has 0 saturated heterocycles. The Morgan fingerprint density at radius 3 is 2.94 bits per heavy atom. The van der Waals surface area contributed by atoms with E-state index in [-0.39, 0.29) is 0 Å². The number of aromatic nitrogens is 1. The molecule has 0 saturated carbocycles. The number of nitrogens with zero attached hydrogens (tertiary/aromatic N) is 1. The van der Waals surface area contributed by atoms with E-state index in [0.717, 1.165) is 28.5 Å². The Bertz CT molecular complexity index is 466. The quantitative estimate of drug-likeness (QED) is 0.842. The molecule has 0 aliphatic rings. The van der Waals surface area contributed by atoms with Crippen LogP contribution >= 0.6 is 23.1 Å². The van der Waals surface area contributed by atoms with Gasteiger partial charge in [-0.15, -0.1) is 11.3 Å². The van der Waals surface area contributed by atoms with Crippen molar-refractivity contribution < 1.29 is 0 Å². The summed E-state index contributed by atoms with van der Waals surface area (Å²) in [5, 5.41) is 3.25. The van der Waals surface area contributed by atoms with E-state index in [0.29, 0.717) is 0 Å². The van der Waals surface area contributed by atoms with Crippen LogP contribution in [-0.4, -0.2) is 10.7 Å². The maximum Gasteiger partial charge on any atom is 0.103 e. The number of nitrogen functional groups attached to an aromatic ring is 1. The Balaban J connectivity index is 2.22. The average molecular weight is 250 g/mol. The van der Waals surface area contributed by atoms with E-state index in [2.05, 4.69) is 17.3 Å². The second-order valence-electron chi connectivity index (χ2n) is 3.35. The van der Waals surface area contributed by atoms with Crippen LogP contribution in [0.1, 0.15) is 11.9 Å². The highest BCUT2D eigenvalue weighted by molar-refractivity contribution is 7.98. The molecule has 0 aliphatic heterocycles. The number of para-hydroxylation sites is 1. The third kappa shape index (κ3) is 2.57. The van der Waals surface area contributed by atoms with Crippen LogP contribution < -0.4 is 5.73 Å². The predicted molar refractivity (Wildman–Crippen MR) is 73.8 cm³/mol. The fourth-order valence-electron chi connectivity index (χ4n) is 1.42. The minimum Gasteiger partial charge on any atom is -0.398 e. The van der Waals surface area contributed by atoms with E-state index in [9.17, 15) is 0 Å². The standard InChI is InChI=1S/C12H14N2S2/c1-2-15-8-12-14-11(7-16-12)9-5-3-4-6-10(9)13/h3-7H,2,8,13H2,1H3. The van der Waals surface area contributed by atoms with Gasteiger partial charge in [0.25, 0.3) is 0 Å². The molecule has 2 rings (SSSR count). The molecule has 0 bridgehead atoms. The maximum absolute atomic E-state index is 5.92. The van der Waals surface area contributed by atoms with Crippen LogP contribution in [0.3, 0.4) is 0 Å². The lowest BCUT2D eigenvalue weighted by Gasteiger charge is -2.00. The molecule has 2 aromatic rings.